The summed E-state index contributed by atoms with van der Waals surface area (Å²) >= 11 is 0. The molecular formula is C80H150N2O6P+. The van der Waals surface area contributed by atoms with E-state index in [1.54, 1.807) is 6.08 Å². The van der Waals surface area contributed by atoms with Crippen LogP contribution in [0.5, 0.6) is 0 Å². The SMILES string of the molecule is CC/C=C\C/C=C\C/C=C\C/C=C\C/C=C\CCCCCCCCCCCCCCCCCCCCCCCCCC(=O)NC(COP(=O)(O)OCC[N+](C)(C)C)C(O)/C=C/CC/C=C/CCCCCCCCCCCCCCCCCCCCCCCC. The van der Waals surface area contributed by atoms with Gasteiger partial charge in [0.25, 0.3) is 0 Å². The highest BCUT2D eigenvalue weighted by molar-refractivity contribution is 7.47. The maximum Gasteiger partial charge on any atom is 0.472 e. The maximum absolute atomic E-state index is 13.1. The summed E-state index contributed by atoms with van der Waals surface area (Å²) < 4.78 is 23.8. The van der Waals surface area contributed by atoms with Crippen LogP contribution in [0.1, 0.15) is 367 Å². The molecule has 520 valence electrons. The van der Waals surface area contributed by atoms with Crippen LogP contribution in [0.4, 0.5) is 0 Å². The normalized spacial score (nSPS) is 14.0. The fourth-order valence-corrected chi connectivity index (χ4v) is 12.2. The summed E-state index contributed by atoms with van der Waals surface area (Å²) in [7, 11) is 1.57. The minimum atomic E-state index is -4.37. The first kappa shape index (κ1) is 86.7. The van der Waals surface area contributed by atoms with E-state index in [-0.39, 0.29) is 19.1 Å². The minimum absolute atomic E-state index is 0.0561. The molecule has 3 atom stereocenters. The second-order valence-corrected chi connectivity index (χ2v) is 28.8. The number of likely N-dealkylation sites (N-methyl/N-ethyl adjacent to an activating group) is 1. The summed E-state index contributed by atoms with van der Waals surface area (Å²) in [6.07, 6.45) is 101. The monoisotopic (exact) mass is 1270 g/mol. The van der Waals surface area contributed by atoms with Gasteiger partial charge in [-0.2, -0.15) is 0 Å². The van der Waals surface area contributed by atoms with Crippen molar-refractivity contribution < 1.29 is 32.9 Å². The van der Waals surface area contributed by atoms with Gasteiger partial charge >= 0.3 is 7.82 Å². The van der Waals surface area contributed by atoms with E-state index in [9.17, 15) is 19.4 Å². The molecule has 9 heteroatoms. The molecule has 8 nitrogen and oxygen atoms in total. The van der Waals surface area contributed by atoms with Gasteiger partial charge in [0.2, 0.25) is 5.91 Å². The van der Waals surface area contributed by atoms with Crippen molar-refractivity contribution in [2.24, 2.45) is 0 Å². The van der Waals surface area contributed by atoms with Crippen molar-refractivity contribution in [3.63, 3.8) is 0 Å². The smallest absolute Gasteiger partial charge is 0.387 e. The van der Waals surface area contributed by atoms with Crippen LogP contribution in [0.15, 0.2) is 85.1 Å². The van der Waals surface area contributed by atoms with Crippen LogP contribution in [0.2, 0.25) is 0 Å². The first-order valence-corrected chi connectivity index (χ1v) is 40.0. The number of amides is 1. The second-order valence-electron chi connectivity index (χ2n) is 27.3. The molecule has 0 aliphatic carbocycles. The van der Waals surface area contributed by atoms with Gasteiger partial charge in [0, 0.05) is 6.42 Å². The molecule has 0 heterocycles. The van der Waals surface area contributed by atoms with E-state index in [1.807, 2.05) is 27.2 Å². The number of rotatable bonds is 71. The summed E-state index contributed by atoms with van der Waals surface area (Å²) in [5.41, 5.74) is 0. The fourth-order valence-electron chi connectivity index (χ4n) is 11.4. The summed E-state index contributed by atoms with van der Waals surface area (Å²) in [5, 5.41) is 14.0. The maximum atomic E-state index is 13.1. The Balaban J connectivity index is 3.99. The number of phosphoric ester groups is 1. The van der Waals surface area contributed by atoms with Crippen molar-refractivity contribution in [3.8, 4) is 0 Å². The Hall–Kier alpha value is -2.32. The molecule has 0 aromatic rings. The third kappa shape index (κ3) is 73.0. The van der Waals surface area contributed by atoms with E-state index in [0.717, 1.165) is 70.6 Å². The van der Waals surface area contributed by atoms with Gasteiger partial charge in [-0.25, -0.2) is 4.57 Å². The number of carbonyl (C=O) groups excluding carboxylic acids is 1. The number of phosphoric acid groups is 1. The number of carbonyl (C=O) groups is 1. The van der Waals surface area contributed by atoms with Crippen molar-refractivity contribution in [3.05, 3.63) is 85.1 Å². The number of aliphatic hydroxyl groups is 1. The molecule has 0 aromatic carbocycles. The Bertz CT molecular complexity index is 1730. The molecule has 3 unspecified atom stereocenters. The number of unbranched alkanes of at least 4 members (excludes halogenated alkanes) is 46. The number of aliphatic hydroxyl groups excluding tert-OH is 1. The van der Waals surface area contributed by atoms with Gasteiger partial charge in [0.15, 0.2) is 0 Å². The molecule has 0 aliphatic rings. The van der Waals surface area contributed by atoms with Crippen LogP contribution in [0.3, 0.4) is 0 Å². The zero-order valence-electron chi connectivity index (χ0n) is 59.7. The lowest BCUT2D eigenvalue weighted by Gasteiger charge is -2.25. The average Bonchev–Trinajstić information content (AvgIpc) is 3.55. The van der Waals surface area contributed by atoms with Gasteiger partial charge in [-0.1, -0.05) is 369 Å². The van der Waals surface area contributed by atoms with Gasteiger partial charge in [0.1, 0.15) is 13.2 Å². The second kappa shape index (κ2) is 70.0. The number of hydrogen-bond acceptors (Lipinski definition) is 5. The summed E-state index contributed by atoms with van der Waals surface area (Å²) in [6, 6.07) is -0.867. The van der Waals surface area contributed by atoms with Gasteiger partial charge in [-0.3, -0.25) is 13.8 Å². The Morgan fingerprint density at radius 1 is 0.393 bits per heavy atom. The lowest BCUT2D eigenvalue weighted by atomic mass is 10.0. The first-order valence-electron chi connectivity index (χ1n) is 38.5. The topological polar surface area (TPSA) is 105 Å². The van der Waals surface area contributed by atoms with Gasteiger partial charge in [-0.15, -0.1) is 0 Å². The number of nitrogens with one attached hydrogen (secondary N) is 1. The van der Waals surface area contributed by atoms with E-state index in [1.165, 1.54) is 276 Å². The van der Waals surface area contributed by atoms with E-state index in [4.69, 9.17) is 9.05 Å². The lowest BCUT2D eigenvalue weighted by Crippen LogP contribution is -2.45. The Labute approximate surface area is 554 Å². The molecule has 1 amide bonds. The Kier molecular flexibility index (Phi) is 68.2. The van der Waals surface area contributed by atoms with E-state index >= 15 is 0 Å². The molecule has 0 saturated carbocycles. The summed E-state index contributed by atoms with van der Waals surface area (Å²) in [4.78, 5) is 23.5. The Morgan fingerprint density at radius 3 is 1.03 bits per heavy atom. The van der Waals surface area contributed by atoms with Crippen LogP contribution >= 0.6 is 7.82 Å². The van der Waals surface area contributed by atoms with E-state index in [0.29, 0.717) is 17.4 Å². The molecule has 3 N–H and O–H groups in total. The molecule has 0 bridgehead atoms. The first-order chi connectivity index (χ1) is 43.5. The molecule has 0 spiro atoms. The molecule has 0 aromatic heterocycles. The van der Waals surface area contributed by atoms with Crippen LogP contribution in [0.25, 0.3) is 0 Å². The molecule has 89 heavy (non-hydrogen) atoms. The quantitative estimate of drug-likeness (QED) is 0.0243. The zero-order valence-corrected chi connectivity index (χ0v) is 60.6. The minimum Gasteiger partial charge on any atom is -0.387 e. The highest BCUT2D eigenvalue weighted by Crippen LogP contribution is 2.43. The Morgan fingerprint density at radius 2 is 0.685 bits per heavy atom. The van der Waals surface area contributed by atoms with Gasteiger partial charge in [0.05, 0.1) is 39.9 Å². The third-order valence-corrected chi connectivity index (χ3v) is 18.3. The molecule has 0 fully saturated rings. The highest BCUT2D eigenvalue weighted by atomic mass is 31.2. The van der Waals surface area contributed by atoms with Crippen molar-refractivity contribution in [1.82, 2.24) is 5.32 Å². The van der Waals surface area contributed by atoms with Crippen molar-refractivity contribution >= 4 is 13.7 Å². The number of allylic oxidation sites excluding steroid dienone is 13. The largest absolute Gasteiger partial charge is 0.472 e. The van der Waals surface area contributed by atoms with Gasteiger partial charge < -0.3 is 19.8 Å². The number of quaternary nitrogens is 1. The highest BCUT2D eigenvalue weighted by Gasteiger charge is 2.28. The third-order valence-electron chi connectivity index (χ3n) is 17.3. The number of nitrogens with zero attached hydrogens (tertiary/aromatic N) is 1. The van der Waals surface area contributed by atoms with E-state index in [2.05, 4.69) is 92.1 Å². The molecule has 0 saturated heterocycles. The fraction of sp³-hybridized carbons (Fsp3) is 0.812. The van der Waals surface area contributed by atoms with Gasteiger partial charge in [-0.05, 0) is 77.0 Å². The standard InChI is InChI=1S/C80H149N2O6P/c1-6-8-10-12-14-16-18-20-22-24-26-28-30-32-34-36-37-38-39-40-41-42-43-44-45-46-48-50-52-54-56-58-60-62-64-66-68-70-72-74-80(84)81-78(77-88-89(85,86)87-76-75-82(3,4)5)79(83)73-71-69-67-65-63-61-59-57-55-53-51-49-47-35-33-31-29-27-25-23-21-19-17-15-13-11-9-7-2/h8,10,14,16,20,22,26,28,32,34,63,65,71,73,78-79,83H,6-7,9,11-13,15,17-19,21,23-25,27,29-31,33,35-62,64,66-70,72,74-77H2,1-5H3,(H-,81,84,85,86)/p+1/b10-8-,16-14-,22-20-,28-26-,34-32-,65-63+,73-71+. The summed E-state index contributed by atoms with van der Waals surface area (Å²) in [6.45, 7) is 4.73. The van der Waals surface area contributed by atoms with Crippen molar-refractivity contribution in [2.45, 2.75) is 379 Å². The van der Waals surface area contributed by atoms with E-state index < -0.39 is 20.0 Å². The van der Waals surface area contributed by atoms with Crippen LogP contribution < -0.4 is 5.32 Å². The van der Waals surface area contributed by atoms with Crippen LogP contribution in [-0.4, -0.2) is 73.4 Å². The lowest BCUT2D eigenvalue weighted by molar-refractivity contribution is -0.870. The average molecular weight is 1270 g/mol. The summed E-state index contributed by atoms with van der Waals surface area (Å²) in [5.74, 6) is -0.181. The predicted octanol–water partition coefficient (Wildman–Crippen LogP) is 25.1. The van der Waals surface area contributed by atoms with Crippen molar-refractivity contribution in [1.29, 1.82) is 0 Å². The molecular weight excluding hydrogens is 1120 g/mol. The number of hydrogen-bond donors (Lipinski definition) is 3. The van der Waals surface area contributed by atoms with Crippen LogP contribution in [0, 0.1) is 0 Å². The molecule has 0 aliphatic heterocycles. The zero-order chi connectivity index (χ0) is 64.8. The predicted molar refractivity (Wildman–Crippen MR) is 392 cm³/mol. The van der Waals surface area contributed by atoms with Crippen LogP contribution in [-0.2, 0) is 18.4 Å². The van der Waals surface area contributed by atoms with Crippen molar-refractivity contribution in [2.75, 3.05) is 40.9 Å². The molecule has 0 rings (SSSR count). The molecule has 0 radical (unpaired) electrons.